The van der Waals surface area contributed by atoms with Crippen LogP contribution in [0.3, 0.4) is 0 Å². The molecule has 0 aliphatic carbocycles. The Morgan fingerprint density at radius 3 is 2.56 bits per heavy atom. The first kappa shape index (κ1) is 24.5. The number of aromatic nitrogens is 3. The minimum absolute atomic E-state index is 0.131. The van der Waals surface area contributed by atoms with Crippen LogP contribution in [0.2, 0.25) is 0 Å². The van der Waals surface area contributed by atoms with Crippen LogP contribution in [-0.4, -0.2) is 72.4 Å². The van der Waals surface area contributed by atoms with Crippen LogP contribution in [0.15, 0.2) is 57.1 Å². The molecule has 1 amide bonds. The number of amides is 1. The number of likely N-dealkylation sites (N-methyl/N-ethyl adjacent to an activating group) is 1. The van der Waals surface area contributed by atoms with E-state index in [1.54, 1.807) is 47.0 Å². The summed E-state index contributed by atoms with van der Waals surface area (Å²) in [4.78, 5) is 13.8. The van der Waals surface area contributed by atoms with Gasteiger partial charge in [-0.15, -0.1) is 10.2 Å². The number of hydrogen-bond donors (Lipinski definition) is 2. The number of nitrogens with one attached hydrogen (secondary N) is 2. The van der Waals surface area contributed by atoms with Crippen molar-refractivity contribution >= 4 is 27.7 Å². The Hall–Kier alpha value is -2.67. The fraction of sp³-hybridized carbons (Fsp3) is 0.409. The summed E-state index contributed by atoms with van der Waals surface area (Å²) in [7, 11) is -1.44. The summed E-state index contributed by atoms with van der Waals surface area (Å²) in [5.74, 6) is 1.39. The Morgan fingerprint density at radius 2 is 1.91 bits per heavy atom. The summed E-state index contributed by atoms with van der Waals surface area (Å²) in [5, 5.41) is 12.0. The number of carbonyl (C=O) groups is 1. The van der Waals surface area contributed by atoms with E-state index in [0.717, 1.165) is 18.7 Å². The molecule has 1 aliphatic heterocycles. The number of carbonyl (C=O) groups excluding carboxylic acids is 1. The molecule has 182 valence electrons. The van der Waals surface area contributed by atoms with Crippen molar-refractivity contribution in [3.05, 3.63) is 48.4 Å². The lowest BCUT2D eigenvalue weighted by Crippen LogP contribution is -3.12. The van der Waals surface area contributed by atoms with Gasteiger partial charge in [-0.25, -0.2) is 8.42 Å². The zero-order valence-electron chi connectivity index (χ0n) is 19.2. The lowest BCUT2D eigenvalue weighted by Gasteiger charge is -2.29. The van der Waals surface area contributed by atoms with Crippen molar-refractivity contribution in [1.29, 1.82) is 0 Å². The number of sulfonamides is 1. The lowest BCUT2D eigenvalue weighted by molar-refractivity contribution is -0.883. The van der Waals surface area contributed by atoms with Crippen LogP contribution in [0.1, 0.15) is 12.7 Å². The van der Waals surface area contributed by atoms with Gasteiger partial charge in [-0.05, 0) is 43.3 Å². The summed E-state index contributed by atoms with van der Waals surface area (Å²) in [6.45, 7) is 5.58. The minimum atomic E-state index is -3.51. The Kier molecular flexibility index (Phi) is 7.71. The van der Waals surface area contributed by atoms with Gasteiger partial charge in [-0.2, -0.15) is 4.31 Å². The first-order chi connectivity index (χ1) is 16.4. The largest absolute Gasteiger partial charge is 0.467 e. The zero-order chi connectivity index (χ0) is 24.1. The molecular weight excluding hydrogens is 476 g/mol. The van der Waals surface area contributed by atoms with E-state index in [1.165, 1.54) is 16.7 Å². The Labute approximate surface area is 203 Å². The molecule has 0 unspecified atom stereocenters. The average molecular weight is 506 g/mol. The fourth-order valence-corrected chi connectivity index (χ4v) is 5.98. The normalized spacial score (nSPS) is 15.5. The molecule has 4 rings (SSSR count). The Balaban J connectivity index is 1.41. The molecule has 0 spiro atoms. The smallest absolute Gasteiger partial charge is 0.243 e. The van der Waals surface area contributed by atoms with Crippen molar-refractivity contribution in [2.75, 3.05) is 39.0 Å². The quantitative estimate of drug-likeness (QED) is 0.407. The highest BCUT2D eigenvalue weighted by molar-refractivity contribution is 7.99. The second-order valence-corrected chi connectivity index (χ2v) is 11.0. The van der Waals surface area contributed by atoms with Crippen LogP contribution in [0, 0.1) is 0 Å². The van der Waals surface area contributed by atoms with Crippen molar-refractivity contribution in [2.45, 2.75) is 30.1 Å². The molecule has 3 heterocycles. The van der Waals surface area contributed by atoms with Crippen LogP contribution in [0.4, 0.5) is 0 Å². The second-order valence-electron chi connectivity index (χ2n) is 8.08. The van der Waals surface area contributed by atoms with E-state index in [1.807, 2.05) is 11.5 Å². The number of piperazine rings is 1. The first-order valence-electron chi connectivity index (χ1n) is 11.2. The maximum atomic E-state index is 13.0. The molecule has 34 heavy (non-hydrogen) atoms. The number of hydrogen-bond acceptors (Lipinski definition) is 7. The van der Waals surface area contributed by atoms with Gasteiger partial charge >= 0.3 is 0 Å². The molecule has 2 N–H and O–H groups in total. The molecule has 2 aromatic heterocycles. The van der Waals surface area contributed by atoms with E-state index in [0.29, 0.717) is 42.9 Å². The molecule has 1 aliphatic rings. The minimum Gasteiger partial charge on any atom is -0.467 e. The first-order valence-corrected chi connectivity index (χ1v) is 13.6. The molecule has 10 nitrogen and oxygen atoms in total. The standard InChI is InChI=1S/C22H28N6O4S2/c1-3-28-21(24-25-22(28)33-16-20(29)23-15-18-5-4-14-32-18)17-6-8-19(9-7-17)34(30,31)27-12-10-26(2)11-13-27/h4-9,14H,3,10-13,15-16H2,1-2H3,(H,23,29)/p+1. The summed E-state index contributed by atoms with van der Waals surface area (Å²) < 4.78 is 34.6. The van der Waals surface area contributed by atoms with Gasteiger partial charge in [0.15, 0.2) is 11.0 Å². The number of furan rings is 1. The molecule has 0 atom stereocenters. The highest BCUT2D eigenvalue weighted by Gasteiger charge is 2.29. The predicted molar refractivity (Wildman–Crippen MR) is 128 cm³/mol. The van der Waals surface area contributed by atoms with Crippen LogP contribution in [-0.2, 0) is 27.9 Å². The van der Waals surface area contributed by atoms with E-state index in [-0.39, 0.29) is 16.6 Å². The lowest BCUT2D eigenvalue weighted by atomic mass is 10.2. The number of quaternary nitrogens is 1. The van der Waals surface area contributed by atoms with Gasteiger partial charge in [0, 0.05) is 12.1 Å². The monoisotopic (exact) mass is 505 g/mol. The van der Waals surface area contributed by atoms with Crippen molar-refractivity contribution < 1.29 is 22.5 Å². The molecular formula is C22H29N6O4S2+. The van der Waals surface area contributed by atoms with Crippen LogP contribution < -0.4 is 10.2 Å². The third-order valence-corrected chi connectivity index (χ3v) is 8.61. The average Bonchev–Trinajstić information content (AvgIpc) is 3.51. The van der Waals surface area contributed by atoms with Crippen molar-refractivity contribution in [3.63, 3.8) is 0 Å². The van der Waals surface area contributed by atoms with Gasteiger partial charge < -0.3 is 19.2 Å². The molecule has 0 saturated carbocycles. The molecule has 0 radical (unpaired) electrons. The predicted octanol–water partition coefficient (Wildman–Crippen LogP) is 0.486. The number of rotatable bonds is 9. The summed E-state index contributed by atoms with van der Waals surface area (Å²) in [6.07, 6.45) is 1.57. The fourth-order valence-electron chi connectivity index (χ4n) is 3.71. The zero-order valence-corrected chi connectivity index (χ0v) is 20.9. The van der Waals surface area contributed by atoms with Crippen LogP contribution in [0.25, 0.3) is 11.4 Å². The number of thioether (sulfide) groups is 1. The summed E-state index contributed by atoms with van der Waals surface area (Å²) in [6, 6.07) is 10.3. The number of benzene rings is 1. The third kappa shape index (κ3) is 5.52. The SMILES string of the molecule is CCn1c(SCC(=O)NCc2ccco2)nnc1-c1ccc(S(=O)(=O)N2CC[NH+](C)CC2)cc1. The van der Waals surface area contributed by atoms with E-state index in [2.05, 4.69) is 22.6 Å². The van der Waals surface area contributed by atoms with E-state index >= 15 is 0 Å². The van der Waals surface area contributed by atoms with Crippen molar-refractivity contribution in [3.8, 4) is 11.4 Å². The summed E-state index contributed by atoms with van der Waals surface area (Å²) in [5.41, 5.74) is 0.769. The van der Waals surface area contributed by atoms with Gasteiger partial charge in [0.05, 0.1) is 56.7 Å². The molecule has 0 bridgehead atoms. The maximum absolute atomic E-state index is 13.0. The number of nitrogens with zero attached hydrogens (tertiary/aromatic N) is 4. The molecule has 3 aromatic rings. The Bertz CT molecular complexity index is 1200. The van der Waals surface area contributed by atoms with E-state index in [9.17, 15) is 13.2 Å². The van der Waals surface area contributed by atoms with Crippen molar-refractivity contribution in [1.82, 2.24) is 24.4 Å². The molecule has 1 aromatic carbocycles. The Morgan fingerprint density at radius 1 is 1.18 bits per heavy atom. The van der Waals surface area contributed by atoms with E-state index in [4.69, 9.17) is 4.42 Å². The molecule has 1 fully saturated rings. The van der Waals surface area contributed by atoms with Crippen molar-refractivity contribution in [2.24, 2.45) is 0 Å². The highest BCUT2D eigenvalue weighted by Crippen LogP contribution is 2.26. The van der Waals surface area contributed by atoms with Gasteiger partial charge in [0.2, 0.25) is 15.9 Å². The van der Waals surface area contributed by atoms with Crippen LogP contribution in [0.5, 0.6) is 0 Å². The van der Waals surface area contributed by atoms with Gasteiger partial charge in [0.1, 0.15) is 5.76 Å². The van der Waals surface area contributed by atoms with E-state index < -0.39 is 10.0 Å². The summed E-state index contributed by atoms with van der Waals surface area (Å²) >= 11 is 1.30. The van der Waals surface area contributed by atoms with Crippen LogP contribution >= 0.6 is 11.8 Å². The molecule has 1 saturated heterocycles. The van der Waals surface area contributed by atoms with Gasteiger partial charge in [0.25, 0.3) is 0 Å². The highest BCUT2D eigenvalue weighted by atomic mass is 32.2. The van der Waals surface area contributed by atoms with Gasteiger partial charge in [-0.3, -0.25) is 4.79 Å². The third-order valence-electron chi connectivity index (χ3n) is 5.73. The topological polar surface area (TPSA) is 115 Å². The molecule has 12 heteroatoms. The maximum Gasteiger partial charge on any atom is 0.243 e. The second kappa shape index (κ2) is 10.7. The van der Waals surface area contributed by atoms with Gasteiger partial charge in [-0.1, -0.05) is 11.8 Å².